The second kappa shape index (κ2) is 8.26. The van der Waals surface area contributed by atoms with Gasteiger partial charge in [0.15, 0.2) is 11.5 Å². The largest absolute Gasteiger partial charge is 0.493 e. The number of sulfonamides is 1. The van der Waals surface area contributed by atoms with Gasteiger partial charge in [0.1, 0.15) is 0 Å². The van der Waals surface area contributed by atoms with Gasteiger partial charge in [-0.25, -0.2) is 8.42 Å². The van der Waals surface area contributed by atoms with Crippen LogP contribution in [0.3, 0.4) is 0 Å². The Bertz CT molecular complexity index is 971. The lowest BCUT2D eigenvalue weighted by atomic mass is 9.81. The SMILES string of the molecule is COc1ccc(S(=O)(=O)N(C)CC2OC3CCCCC3c3sccc32)cc1OC. The summed E-state index contributed by atoms with van der Waals surface area (Å²) in [7, 11) is 0.932. The topological polar surface area (TPSA) is 65.1 Å². The Labute approximate surface area is 176 Å². The van der Waals surface area contributed by atoms with Crippen molar-refractivity contribution in [3.05, 3.63) is 40.1 Å². The highest BCUT2D eigenvalue weighted by atomic mass is 32.2. The number of hydrogen-bond acceptors (Lipinski definition) is 6. The fourth-order valence-electron chi connectivity index (χ4n) is 4.37. The minimum absolute atomic E-state index is 0.176. The second-order valence-corrected chi connectivity index (χ2v) is 10.6. The summed E-state index contributed by atoms with van der Waals surface area (Å²) < 4.78 is 44.6. The minimum atomic E-state index is -3.69. The van der Waals surface area contributed by atoms with E-state index < -0.39 is 10.0 Å². The lowest BCUT2D eigenvalue weighted by molar-refractivity contribution is -0.0600. The van der Waals surface area contributed by atoms with Gasteiger partial charge in [-0.05, 0) is 42.0 Å². The van der Waals surface area contributed by atoms with Crippen molar-refractivity contribution in [3.63, 3.8) is 0 Å². The van der Waals surface area contributed by atoms with E-state index in [1.54, 1.807) is 30.5 Å². The Kier molecular flexibility index (Phi) is 5.88. The minimum Gasteiger partial charge on any atom is -0.493 e. The zero-order valence-electron chi connectivity index (χ0n) is 17.0. The maximum atomic E-state index is 13.2. The molecule has 6 nitrogen and oxygen atoms in total. The van der Waals surface area contributed by atoms with Crippen LogP contribution in [0.1, 0.15) is 48.1 Å². The Balaban J connectivity index is 1.58. The van der Waals surface area contributed by atoms with Gasteiger partial charge in [-0.2, -0.15) is 4.31 Å². The van der Waals surface area contributed by atoms with E-state index in [2.05, 4.69) is 11.4 Å². The molecule has 0 amide bonds. The lowest BCUT2D eigenvalue weighted by Crippen LogP contribution is -2.38. The van der Waals surface area contributed by atoms with Crippen LogP contribution in [0.2, 0.25) is 0 Å². The number of rotatable bonds is 6. The molecule has 1 aliphatic carbocycles. The van der Waals surface area contributed by atoms with Gasteiger partial charge in [-0.15, -0.1) is 11.3 Å². The van der Waals surface area contributed by atoms with E-state index in [9.17, 15) is 8.42 Å². The molecule has 2 aromatic rings. The van der Waals surface area contributed by atoms with Gasteiger partial charge in [-0.1, -0.05) is 12.8 Å². The van der Waals surface area contributed by atoms with Gasteiger partial charge >= 0.3 is 0 Å². The molecule has 0 saturated heterocycles. The quantitative estimate of drug-likeness (QED) is 0.678. The van der Waals surface area contributed by atoms with E-state index in [0.717, 1.165) is 18.4 Å². The van der Waals surface area contributed by atoms with Crippen molar-refractivity contribution in [2.75, 3.05) is 27.8 Å². The summed E-state index contributed by atoms with van der Waals surface area (Å²) in [4.78, 5) is 1.55. The first-order valence-corrected chi connectivity index (χ1v) is 12.2. The zero-order chi connectivity index (χ0) is 20.6. The summed E-state index contributed by atoms with van der Waals surface area (Å²) in [6.45, 7) is 0.281. The predicted molar refractivity (Wildman–Crippen MR) is 113 cm³/mol. The number of thiophene rings is 1. The summed E-state index contributed by atoms with van der Waals surface area (Å²) >= 11 is 1.78. The number of hydrogen-bond donors (Lipinski definition) is 0. The molecule has 0 radical (unpaired) electrons. The van der Waals surface area contributed by atoms with Crippen LogP contribution >= 0.6 is 11.3 Å². The van der Waals surface area contributed by atoms with Crippen molar-refractivity contribution in [2.24, 2.45) is 0 Å². The van der Waals surface area contributed by atoms with Crippen molar-refractivity contribution in [3.8, 4) is 11.5 Å². The standard InChI is InChI=1S/C21H27NO5S2/c1-22(29(23,24)14-8-9-18(25-2)19(12-14)26-3)13-20-16-10-11-28-21(16)15-6-4-5-7-17(15)27-20/h8-12,15,17,20H,4-7,13H2,1-3H3. The lowest BCUT2D eigenvalue weighted by Gasteiger charge is -2.40. The zero-order valence-corrected chi connectivity index (χ0v) is 18.6. The van der Waals surface area contributed by atoms with Crippen LogP contribution < -0.4 is 9.47 Å². The van der Waals surface area contributed by atoms with Crippen LogP contribution in [0.25, 0.3) is 0 Å². The molecule has 8 heteroatoms. The number of benzene rings is 1. The van der Waals surface area contributed by atoms with Crippen molar-refractivity contribution < 1.29 is 22.6 Å². The third-order valence-electron chi connectivity index (χ3n) is 5.94. The van der Waals surface area contributed by atoms with Gasteiger partial charge in [0.25, 0.3) is 0 Å². The van der Waals surface area contributed by atoms with Crippen molar-refractivity contribution in [1.82, 2.24) is 4.31 Å². The average molecular weight is 438 g/mol. The fraction of sp³-hybridized carbons (Fsp3) is 0.524. The second-order valence-electron chi connectivity index (χ2n) is 7.60. The van der Waals surface area contributed by atoms with Crippen molar-refractivity contribution in [2.45, 2.75) is 48.7 Å². The Hall–Kier alpha value is -1.61. The molecular weight excluding hydrogens is 410 g/mol. The van der Waals surface area contributed by atoms with E-state index in [1.807, 2.05) is 0 Å². The summed E-state index contributed by atoms with van der Waals surface area (Å²) in [5.74, 6) is 1.35. The maximum Gasteiger partial charge on any atom is 0.243 e. The number of likely N-dealkylation sites (N-methyl/N-ethyl adjacent to an activating group) is 1. The van der Waals surface area contributed by atoms with Gasteiger partial charge in [-0.3, -0.25) is 0 Å². The number of methoxy groups -OCH3 is 2. The molecule has 0 spiro atoms. The van der Waals surface area contributed by atoms with E-state index in [0.29, 0.717) is 17.4 Å². The average Bonchev–Trinajstić information content (AvgIpc) is 3.23. The highest BCUT2D eigenvalue weighted by molar-refractivity contribution is 7.89. The molecule has 1 aromatic carbocycles. The van der Waals surface area contributed by atoms with Crippen LogP contribution in [-0.2, 0) is 14.8 Å². The molecule has 3 unspecified atom stereocenters. The number of ether oxygens (including phenoxy) is 3. The molecular formula is C21H27NO5S2. The Morgan fingerprint density at radius 2 is 1.90 bits per heavy atom. The Morgan fingerprint density at radius 1 is 1.14 bits per heavy atom. The molecule has 4 rings (SSSR count). The van der Waals surface area contributed by atoms with Gasteiger partial charge in [0, 0.05) is 30.5 Å². The van der Waals surface area contributed by atoms with Gasteiger partial charge in [0.2, 0.25) is 10.0 Å². The van der Waals surface area contributed by atoms with E-state index in [1.165, 1.54) is 42.3 Å². The maximum absolute atomic E-state index is 13.2. The fourth-order valence-corrected chi connectivity index (χ4v) is 6.70. The monoisotopic (exact) mass is 437 g/mol. The first kappa shape index (κ1) is 20.7. The molecule has 0 bridgehead atoms. The predicted octanol–water partition coefficient (Wildman–Crippen LogP) is 4.18. The molecule has 0 N–H and O–H groups in total. The van der Waals surface area contributed by atoms with Gasteiger partial charge < -0.3 is 14.2 Å². The van der Waals surface area contributed by atoms with Crippen LogP contribution in [0.4, 0.5) is 0 Å². The normalized spacial score (nSPS) is 24.1. The summed E-state index contributed by atoms with van der Waals surface area (Å²) in [5.41, 5.74) is 1.15. The van der Waals surface area contributed by atoms with E-state index in [-0.39, 0.29) is 23.6 Å². The van der Waals surface area contributed by atoms with Gasteiger partial charge in [0.05, 0.1) is 31.3 Å². The van der Waals surface area contributed by atoms with E-state index in [4.69, 9.17) is 14.2 Å². The third-order valence-corrected chi connectivity index (χ3v) is 8.82. The molecule has 29 heavy (non-hydrogen) atoms. The Morgan fingerprint density at radius 3 is 2.66 bits per heavy atom. The summed E-state index contributed by atoms with van der Waals surface area (Å²) in [6, 6.07) is 6.74. The smallest absolute Gasteiger partial charge is 0.243 e. The summed E-state index contributed by atoms with van der Waals surface area (Å²) in [5, 5.41) is 2.10. The van der Waals surface area contributed by atoms with Crippen molar-refractivity contribution in [1.29, 1.82) is 0 Å². The van der Waals surface area contributed by atoms with Crippen molar-refractivity contribution >= 4 is 21.4 Å². The molecule has 1 saturated carbocycles. The molecule has 158 valence electrons. The molecule has 1 fully saturated rings. The molecule has 3 atom stereocenters. The first-order valence-electron chi connectivity index (χ1n) is 9.86. The number of nitrogens with zero attached hydrogens (tertiary/aromatic N) is 1. The van der Waals surface area contributed by atoms with Crippen LogP contribution in [0.15, 0.2) is 34.5 Å². The summed E-state index contributed by atoms with van der Waals surface area (Å²) in [6.07, 6.45) is 4.57. The first-order chi connectivity index (χ1) is 14.0. The highest BCUT2D eigenvalue weighted by Gasteiger charge is 2.39. The number of fused-ring (bicyclic) bond motifs is 3. The molecule has 1 aromatic heterocycles. The third kappa shape index (κ3) is 3.79. The molecule has 2 heterocycles. The molecule has 2 aliphatic rings. The van der Waals surface area contributed by atoms with Crippen LogP contribution in [0, 0.1) is 0 Å². The van der Waals surface area contributed by atoms with Crippen LogP contribution in [-0.4, -0.2) is 46.6 Å². The molecule has 1 aliphatic heterocycles. The van der Waals surface area contributed by atoms with E-state index >= 15 is 0 Å². The highest BCUT2D eigenvalue weighted by Crippen LogP contribution is 2.47. The van der Waals surface area contributed by atoms with Crippen LogP contribution in [0.5, 0.6) is 11.5 Å².